The van der Waals surface area contributed by atoms with Crippen LogP contribution in [0.5, 0.6) is 0 Å². The third-order valence-corrected chi connectivity index (χ3v) is 3.12. The molecule has 96 valence electrons. The first kappa shape index (κ1) is 12.3. The Morgan fingerprint density at radius 3 is 2.10 bits per heavy atom. The van der Waals surface area contributed by atoms with Crippen LogP contribution in [0.2, 0.25) is 0 Å². The summed E-state index contributed by atoms with van der Waals surface area (Å²) in [6.45, 7) is 0. The largest absolute Gasteiger partial charge is 0.334 e. The summed E-state index contributed by atoms with van der Waals surface area (Å²) in [6, 6.07) is 18.2. The second-order valence-corrected chi connectivity index (χ2v) is 4.58. The van der Waals surface area contributed by atoms with Gasteiger partial charge in [0, 0.05) is 18.2 Å². The van der Waals surface area contributed by atoms with Crippen LogP contribution >= 0.6 is 0 Å². The minimum atomic E-state index is 1.01. The number of imidazole rings is 1. The summed E-state index contributed by atoms with van der Waals surface area (Å²) >= 11 is 0. The van der Waals surface area contributed by atoms with Gasteiger partial charge in [-0.15, -0.1) is 0 Å². The number of benzene rings is 2. The second kappa shape index (κ2) is 5.46. The Labute approximate surface area is 118 Å². The molecule has 0 atom stereocenters. The van der Waals surface area contributed by atoms with Crippen molar-refractivity contribution in [1.82, 2.24) is 9.55 Å². The molecule has 0 unspecified atom stereocenters. The standard InChI is InChI=1S/C18H14N2/c1-20-14-19-13-18(20)17-11-9-16(10-12-17)8-7-15-5-3-2-4-6-15/h2-6,9-14H,1H3. The Bertz CT molecular complexity index is 756. The van der Waals surface area contributed by atoms with Crippen molar-refractivity contribution in [3.05, 3.63) is 78.2 Å². The zero-order valence-electron chi connectivity index (χ0n) is 11.2. The van der Waals surface area contributed by atoms with Gasteiger partial charge in [0.15, 0.2) is 0 Å². The molecule has 2 heteroatoms. The van der Waals surface area contributed by atoms with Gasteiger partial charge in [0.1, 0.15) is 0 Å². The van der Waals surface area contributed by atoms with Crippen LogP contribution in [-0.2, 0) is 7.05 Å². The summed E-state index contributed by atoms with van der Waals surface area (Å²) in [5.41, 5.74) is 4.30. The van der Waals surface area contributed by atoms with Crippen molar-refractivity contribution in [1.29, 1.82) is 0 Å². The van der Waals surface area contributed by atoms with E-state index in [0.29, 0.717) is 0 Å². The lowest BCUT2D eigenvalue weighted by atomic mass is 10.1. The molecule has 0 bridgehead atoms. The van der Waals surface area contributed by atoms with Gasteiger partial charge in [-0.05, 0) is 29.8 Å². The molecule has 0 spiro atoms. The summed E-state index contributed by atoms with van der Waals surface area (Å²) in [5.74, 6) is 6.33. The van der Waals surface area contributed by atoms with Gasteiger partial charge in [-0.2, -0.15) is 0 Å². The van der Waals surface area contributed by atoms with Gasteiger partial charge in [0.05, 0.1) is 18.2 Å². The predicted molar refractivity (Wildman–Crippen MR) is 81.1 cm³/mol. The molecular formula is C18H14N2. The van der Waals surface area contributed by atoms with Gasteiger partial charge in [0.2, 0.25) is 0 Å². The highest BCUT2D eigenvalue weighted by Gasteiger charge is 2.01. The van der Waals surface area contributed by atoms with Gasteiger partial charge in [0.25, 0.3) is 0 Å². The Hall–Kier alpha value is -2.79. The maximum atomic E-state index is 4.13. The lowest BCUT2D eigenvalue weighted by Crippen LogP contribution is -1.89. The van der Waals surface area contributed by atoms with Crippen molar-refractivity contribution in [2.45, 2.75) is 0 Å². The molecular weight excluding hydrogens is 244 g/mol. The highest BCUT2D eigenvalue weighted by molar-refractivity contribution is 5.60. The minimum Gasteiger partial charge on any atom is -0.334 e. The Balaban J connectivity index is 1.84. The molecule has 3 aromatic rings. The monoisotopic (exact) mass is 258 g/mol. The second-order valence-electron chi connectivity index (χ2n) is 4.58. The van der Waals surface area contributed by atoms with Crippen LogP contribution in [-0.4, -0.2) is 9.55 Å². The fourth-order valence-electron chi connectivity index (χ4n) is 2.03. The van der Waals surface area contributed by atoms with E-state index in [2.05, 4.69) is 29.0 Å². The van der Waals surface area contributed by atoms with Crippen LogP contribution in [0.25, 0.3) is 11.3 Å². The molecule has 20 heavy (non-hydrogen) atoms. The molecule has 0 saturated carbocycles. The summed E-state index contributed by atoms with van der Waals surface area (Å²) in [7, 11) is 1.99. The molecule has 0 radical (unpaired) electrons. The third kappa shape index (κ3) is 2.62. The zero-order chi connectivity index (χ0) is 13.8. The summed E-state index contributed by atoms with van der Waals surface area (Å²) in [6.07, 6.45) is 3.67. The molecule has 0 amide bonds. The van der Waals surface area contributed by atoms with Crippen molar-refractivity contribution >= 4 is 0 Å². The van der Waals surface area contributed by atoms with Crippen molar-refractivity contribution in [2.24, 2.45) is 7.05 Å². The first-order valence-corrected chi connectivity index (χ1v) is 6.47. The van der Waals surface area contributed by atoms with E-state index in [0.717, 1.165) is 22.4 Å². The van der Waals surface area contributed by atoms with Gasteiger partial charge in [-0.25, -0.2) is 4.98 Å². The van der Waals surface area contributed by atoms with E-state index in [1.165, 1.54) is 0 Å². The van der Waals surface area contributed by atoms with Crippen LogP contribution in [0, 0.1) is 11.8 Å². The van der Waals surface area contributed by atoms with E-state index < -0.39 is 0 Å². The van der Waals surface area contributed by atoms with E-state index in [4.69, 9.17) is 0 Å². The van der Waals surface area contributed by atoms with E-state index in [1.807, 2.05) is 60.3 Å². The molecule has 0 aliphatic heterocycles. The van der Waals surface area contributed by atoms with E-state index in [9.17, 15) is 0 Å². The van der Waals surface area contributed by atoms with Crippen molar-refractivity contribution in [3.8, 4) is 23.1 Å². The fourth-order valence-corrected chi connectivity index (χ4v) is 2.03. The van der Waals surface area contributed by atoms with Crippen LogP contribution in [0.15, 0.2) is 67.1 Å². The van der Waals surface area contributed by atoms with Crippen LogP contribution in [0.1, 0.15) is 11.1 Å². The number of hydrogen-bond acceptors (Lipinski definition) is 1. The van der Waals surface area contributed by atoms with Crippen LogP contribution in [0.4, 0.5) is 0 Å². The maximum absolute atomic E-state index is 4.13. The maximum Gasteiger partial charge on any atom is 0.0948 e. The lowest BCUT2D eigenvalue weighted by Gasteiger charge is -2.01. The van der Waals surface area contributed by atoms with Crippen molar-refractivity contribution in [3.63, 3.8) is 0 Å². The molecule has 0 N–H and O–H groups in total. The molecule has 0 aliphatic rings. The summed E-state index contributed by atoms with van der Waals surface area (Å²) in [4.78, 5) is 4.13. The molecule has 2 aromatic carbocycles. The molecule has 2 nitrogen and oxygen atoms in total. The van der Waals surface area contributed by atoms with Crippen LogP contribution < -0.4 is 0 Å². The quantitative estimate of drug-likeness (QED) is 0.611. The number of hydrogen-bond donors (Lipinski definition) is 0. The Morgan fingerprint density at radius 2 is 1.50 bits per heavy atom. The summed E-state index contributed by atoms with van der Waals surface area (Å²) < 4.78 is 2.00. The fraction of sp³-hybridized carbons (Fsp3) is 0.0556. The van der Waals surface area contributed by atoms with Gasteiger partial charge in [-0.1, -0.05) is 42.2 Å². The van der Waals surface area contributed by atoms with Crippen molar-refractivity contribution < 1.29 is 0 Å². The predicted octanol–water partition coefficient (Wildman–Crippen LogP) is 3.49. The van der Waals surface area contributed by atoms with Gasteiger partial charge < -0.3 is 4.57 Å². The topological polar surface area (TPSA) is 17.8 Å². The van der Waals surface area contributed by atoms with E-state index in [1.54, 1.807) is 6.33 Å². The molecule has 1 aromatic heterocycles. The van der Waals surface area contributed by atoms with Crippen LogP contribution in [0.3, 0.4) is 0 Å². The molecule has 0 saturated heterocycles. The van der Waals surface area contributed by atoms with E-state index >= 15 is 0 Å². The molecule has 1 heterocycles. The highest BCUT2D eigenvalue weighted by Crippen LogP contribution is 2.18. The van der Waals surface area contributed by atoms with E-state index in [-0.39, 0.29) is 0 Å². The normalized spacial score (nSPS) is 9.85. The minimum absolute atomic E-state index is 1.01. The zero-order valence-corrected chi connectivity index (χ0v) is 11.2. The number of rotatable bonds is 1. The molecule has 0 fully saturated rings. The Morgan fingerprint density at radius 1 is 0.850 bits per heavy atom. The number of nitrogens with zero attached hydrogens (tertiary/aromatic N) is 2. The third-order valence-electron chi connectivity index (χ3n) is 3.12. The molecule has 3 rings (SSSR count). The average Bonchev–Trinajstić information content (AvgIpc) is 2.93. The average molecular weight is 258 g/mol. The van der Waals surface area contributed by atoms with Crippen molar-refractivity contribution in [2.75, 3.05) is 0 Å². The highest BCUT2D eigenvalue weighted by atomic mass is 15.0. The lowest BCUT2D eigenvalue weighted by molar-refractivity contribution is 0.921. The number of aromatic nitrogens is 2. The Kier molecular flexibility index (Phi) is 3.34. The summed E-state index contributed by atoms with van der Waals surface area (Å²) in [5, 5.41) is 0. The first-order valence-electron chi connectivity index (χ1n) is 6.47. The smallest absolute Gasteiger partial charge is 0.0948 e. The van der Waals surface area contributed by atoms with Gasteiger partial charge in [-0.3, -0.25) is 0 Å². The SMILES string of the molecule is Cn1cncc1-c1ccc(C#Cc2ccccc2)cc1. The number of aryl methyl sites for hydroxylation is 1. The van der Waals surface area contributed by atoms with Gasteiger partial charge >= 0.3 is 0 Å². The molecule has 0 aliphatic carbocycles. The first-order chi connectivity index (χ1) is 9.83.